The third-order valence-electron chi connectivity index (χ3n) is 5.14. The number of amides is 2. The van der Waals surface area contributed by atoms with Crippen molar-refractivity contribution in [2.24, 2.45) is 5.92 Å². The molecule has 0 aliphatic carbocycles. The molecule has 1 unspecified atom stereocenters. The Morgan fingerprint density at radius 2 is 2.04 bits per heavy atom. The van der Waals surface area contributed by atoms with Gasteiger partial charge < -0.3 is 14.9 Å². The van der Waals surface area contributed by atoms with Crippen molar-refractivity contribution in [1.82, 2.24) is 4.90 Å². The average molecular weight is 362 g/mol. The van der Waals surface area contributed by atoms with Crippen molar-refractivity contribution in [3.8, 4) is 0 Å². The van der Waals surface area contributed by atoms with Crippen molar-refractivity contribution >= 4 is 23.5 Å². The van der Waals surface area contributed by atoms with Gasteiger partial charge in [-0.25, -0.2) is 4.39 Å². The lowest BCUT2D eigenvalue weighted by atomic mass is 9.93. The number of hydrogen-bond donors (Lipinski definition) is 1. The van der Waals surface area contributed by atoms with Crippen LogP contribution in [-0.4, -0.2) is 47.4 Å². The van der Waals surface area contributed by atoms with Crippen LogP contribution in [0.25, 0.3) is 0 Å². The summed E-state index contributed by atoms with van der Waals surface area (Å²) in [6.45, 7) is 1.56. The van der Waals surface area contributed by atoms with Crippen LogP contribution < -0.4 is 4.90 Å². The first kappa shape index (κ1) is 18.4. The van der Waals surface area contributed by atoms with E-state index in [2.05, 4.69) is 0 Å². The first-order valence-corrected chi connectivity index (χ1v) is 9.06. The fourth-order valence-electron chi connectivity index (χ4n) is 3.75. The number of carbonyl (C=O) groups excluding carboxylic acids is 2. The van der Waals surface area contributed by atoms with Gasteiger partial charge in [-0.15, -0.1) is 0 Å². The van der Waals surface area contributed by atoms with Crippen molar-refractivity contribution in [1.29, 1.82) is 0 Å². The minimum absolute atomic E-state index is 0.0123. The second-order valence-electron chi connectivity index (χ2n) is 7.00. The Hall–Kier alpha value is -2.44. The van der Waals surface area contributed by atoms with Crippen molar-refractivity contribution < 1.29 is 23.9 Å². The zero-order valence-corrected chi connectivity index (χ0v) is 14.6. The van der Waals surface area contributed by atoms with Gasteiger partial charge >= 0.3 is 5.97 Å². The van der Waals surface area contributed by atoms with E-state index >= 15 is 0 Å². The molecule has 1 aromatic rings. The summed E-state index contributed by atoms with van der Waals surface area (Å²) in [4.78, 5) is 38.7. The predicted octanol–water partition coefficient (Wildman–Crippen LogP) is 2.67. The molecular weight excluding hydrogens is 339 g/mol. The molecule has 0 saturated carbocycles. The van der Waals surface area contributed by atoms with E-state index in [9.17, 15) is 18.8 Å². The van der Waals surface area contributed by atoms with E-state index in [0.717, 1.165) is 19.3 Å². The van der Waals surface area contributed by atoms with Crippen LogP contribution in [0.5, 0.6) is 0 Å². The van der Waals surface area contributed by atoms with Crippen LogP contribution in [0.1, 0.15) is 48.9 Å². The normalized spacial score (nSPS) is 20.5. The molecule has 1 aromatic carbocycles. The van der Waals surface area contributed by atoms with Crippen LogP contribution in [0.15, 0.2) is 18.2 Å². The maximum Gasteiger partial charge on any atom is 0.303 e. The standard InChI is InChI=1S/C19H23FN2O4/c20-16-7-6-14(22-10-2-4-17(22)23)11-15(16)19(26)21-9-1-3-13(12-21)5-8-18(24)25/h6-7,11,13H,1-5,8-10,12H2,(H,24,25). The zero-order chi connectivity index (χ0) is 18.7. The molecule has 6 nitrogen and oxygen atoms in total. The summed E-state index contributed by atoms with van der Waals surface area (Å²) < 4.78 is 14.3. The van der Waals surface area contributed by atoms with Gasteiger partial charge in [0.25, 0.3) is 5.91 Å². The fourth-order valence-corrected chi connectivity index (χ4v) is 3.75. The molecule has 140 valence electrons. The Labute approximate surface area is 151 Å². The molecule has 2 saturated heterocycles. The minimum atomic E-state index is -0.845. The predicted molar refractivity (Wildman–Crippen MR) is 93.5 cm³/mol. The average Bonchev–Trinajstić information content (AvgIpc) is 3.06. The lowest BCUT2D eigenvalue weighted by Gasteiger charge is -2.33. The van der Waals surface area contributed by atoms with E-state index in [1.807, 2.05) is 0 Å². The van der Waals surface area contributed by atoms with Crippen LogP contribution in [0.4, 0.5) is 10.1 Å². The number of halogens is 1. The number of hydrogen-bond acceptors (Lipinski definition) is 3. The fraction of sp³-hybridized carbons (Fsp3) is 0.526. The first-order chi connectivity index (χ1) is 12.5. The Morgan fingerprint density at radius 3 is 2.73 bits per heavy atom. The molecule has 0 spiro atoms. The van der Waals surface area contributed by atoms with Crippen LogP contribution in [-0.2, 0) is 9.59 Å². The van der Waals surface area contributed by atoms with Crippen molar-refractivity contribution in [2.45, 2.75) is 38.5 Å². The molecule has 26 heavy (non-hydrogen) atoms. The van der Waals surface area contributed by atoms with E-state index in [1.54, 1.807) is 9.80 Å². The van der Waals surface area contributed by atoms with Gasteiger partial charge in [0.2, 0.25) is 5.91 Å². The summed E-state index contributed by atoms with van der Waals surface area (Å²) in [5.74, 6) is -1.73. The molecule has 1 N–H and O–H groups in total. The number of carbonyl (C=O) groups is 3. The lowest BCUT2D eigenvalue weighted by Crippen LogP contribution is -2.40. The molecule has 0 bridgehead atoms. The quantitative estimate of drug-likeness (QED) is 0.874. The monoisotopic (exact) mass is 362 g/mol. The van der Waals surface area contributed by atoms with E-state index in [-0.39, 0.29) is 23.8 Å². The maximum atomic E-state index is 14.3. The molecular formula is C19H23FN2O4. The second kappa shape index (κ2) is 7.85. The number of carboxylic acid groups (broad SMARTS) is 1. The zero-order valence-electron chi connectivity index (χ0n) is 14.6. The lowest BCUT2D eigenvalue weighted by molar-refractivity contribution is -0.137. The van der Waals surface area contributed by atoms with E-state index in [0.29, 0.717) is 38.2 Å². The second-order valence-corrected chi connectivity index (χ2v) is 7.00. The van der Waals surface area contributed by atoms with Crippen molar-refractivity contribution in [3.05, 3.63) is 29.6 Å². The maximum absolute atomic E-state index is 14.3. The van der Waals surface area contributed by atoms with Gasteiger partial charge in [0.1, 0.15) is 5.82 Å². The summed E-state index contributed by atoms with van der Waals surface area (Å²) in [6.07, 6.45) is 3.48. The Balaban J connectivity index is 1.74. The molecule has 2 aliphatic heterocycles. The smallest absolute Gasteiger partial charge is 0.303 e. The van der Waals surface area contributed by atoms with Gasteiger partial charge in [-0.2, -0.15) is 0 Å². The van der Waals surface area contributed by atoms with Crippen LogP contribution in [0.3, 0.4) is 0 Å². The minimum Gasteiger partial charge on any atom is -0.481 e. The highest BCUT2D eigenvalue weighted by atomic mass is 19.1. The third-order valence-corrected chi connectivity index (χ3v) is 5.14. The number of carboxylic acids is 1. The number of piperidine rings is 1. The Bertz CT molecular complexity index is 721. The Morgan fingerprint density at radius 1 is 1.23 bits per heavy atom. The molecule has 2 fully saturated rings. The summed E-state index contributed by atoms with van der Waals surface area (Å²) >= 11 is 0. The summed E-state index contributed by atoms with van der Waals surface area (Å²) in [5, 5.41) is 8.83. The van der Waals surface area contributed by atoms with Crippen LogP contribution in [0, 0.1) is 11.7 Å². The SMILES string of the molecule is O=C(O)CCC1CCCN(C(=O)c2cc(N3CCCC3=O)ccc2F)C1. The number of likely N-dealkylation sites (tertiary alicyclic amines) is 1. The highest BCUT2D eigenvalue weighted by molar-refractivity contribution is 5.99. The van der Waals surface area contributed by atoms with E-state index < -0.39 is 17.7 Å². The van der Waals surface area contributed by atoms with Gasteiger partial charge in [0.15, 0.2) is 0 Å². The van der Waals surface area contributed by atoms with Crippen molar-refractivity contribution in [2.75, 3.05) is 24.5 Å². The number of anilines is 1. The topological polar surface area (TPSA) is 77.9 Å². The van der Waals surface area contributed by atoms with E-state index in [4.69, 9.17) is 5.11 Å². The summed E-state index contributed by atoms with van der Waals surface area (Å²) in [7, 11) is 0. The van der Waals surface area contributed by atoms with E-state index in [1.165, 1.54) is 18.2 Å². The number of rotatable bonds is 5. The summed E-state index contributed by atoms with van der Waals surface area (Å²) in [5.41, 5.74) is 0.526. The van der Waals surface area contributed by atoms with Gasteiger partial charge in [-0.1, -0.05) is 0 Å². The summed E-state index contributed by atoms with van der Waals surface area (Å²) in [6, 6.07) is 4.23. The number of benzene rings is 1. The van der Waals surface area contributed by atoms with Crippen molar-refractivity contribution in [3.63, 3.8) is 0 Å². The molecule has 0 radical (unpaired) electrons. The number of aliphatic carboxylic acids is 1. The molecule has 2 heterocycles. The first-order valence-electron chi connectivity index (χ1n) is 9.06. The van der Waals surface area contributed by atoms with Gasteiger partial charge in [-0.3, -0.25) is 14.4 Å². The molecule has 1 atom stereocenters. The van der Waals surface area contributed by atoms with Gasteiger partial charge in [0, 0.05) is 38.2 Å². The number of nitrogens with zero attached hydrogens (tertiary/aromatic N) is 2. The highest BCUT2D eigenvalue weighted by Gasteiger charge is 2.28. The Kier molecular flexibility index (Phi) is 5.54. The molecule has 3 rings (SSSR count). The largest absolute Gasteiger partial charge is 0.481 e. The molecule has 2 aliphatic rings. The van der Waals surface area contributed by atoms with Gasteiger partial charge in [0.05, 0.1) is 5.56 Å². The van der Waals surface area contributed by atoms with Gasteiger partial charge in [-0.05, 0) is 49.8 Å². The molecule has 7 heteroatoms. The van der Waals surface area contributed by atoms with Crippen LogP contribution >= 0.6 is 0 Å². The molecule has 2 amide bonds. The van der Waals surface area contributed by atoms with Crippen LogP contribution in [0.2, 0.25) is 0 Å². The molecule has 0 aromatic heterocycles. The highest BCUT2D eigenvalue weighted by Crippen LogP contribution is 2.27. The third kappa shape index (κ3) is 4.03.